The highest BCUT2D eigenvalue weighted by atomic mass is 16.5. The number of carboxylic acid groups (broad SMARTS) is 1. The molecule has 0 saturated carbocycles. The first-order chi connectivity index (χ1) is 8.22. The fraction of sp³-hybridized carbons (Fsp3) is 0.214. The van der Waals surface area contributed by atoms with Crippen LogP contribution in [-0.4, -0.2) is 24.3 Å². The number of benzene rings is 2. The maximum absolute atomic E-state index is 10.9. The lowest BCUT2D eigenvalue weighted by Crippen LogP contribution is -2.24. The van der Waals surface area contributed by atoms with Crippen LogP contribution in [0.2, 0.25) is 0 Å². The molecule has 2 rings (SSSR count). The average molecular weight is 230 g/mol. The molecule has 3 nitrogen and oxygen atoms in total. The van der Waals surface area contributed by atoms with Gasteiger partial charge in [0.05, 0.1) is 0 Å². The molecule has 0 aliphatic rings. The van der Waals surface area contributed by atoms with Gasteiger partial charge < -0.3 is 9.84 Å². The number of carboxylic acids is 1. The normalized spacial score (nSPS) is 12.5. The Morgan fingerprint density at radius 2 is 1.94 bits per heavy atom. The first-order valence-electron chi connectivity index (χ1n) is 5.44. The molecule has 0 spiro atoms. The van der Waals surface area contributed by atoms with E-state index in [0.29, 0.717) is 6.42 Å². The molecule has 0 radical (unpaired) electrons. The summed E-state index contributed by atoms with van der Waals surface area (Å²) >= 11 is 0. The number of ether oxygens (including phenoxy) is 1. The first kappa shape index (κ1) is 11.6. The van der Waals surface area contributed by atoms with E-state index < -0.39 is 12.1 Å². The second-order valence-corrected chi connectivity index (χ2v) is 3.90. The van der Waals surface area contributed by atoms with Gasteiger partial charge in [0.1, 0.15) is 0 Å². The van der Waals surface area contributed by atoms with Gasteiger partial charge in [0, 0.05) is 13.5 Å². The van der Waals surface area contributed by atoms with Crippen LogP contribution in [0.25, 0.3) is 10.8 Å². The summed E-state index contributed by atoms with van der Waals surface area (Å²) in [5, 5.41) is 11.2. The Morgan fingerprint density at radius 1 is 1.24 bits per heavy atom. The van der Waals surface area contributed by atoms with Crippen LogP contribution in [-0.2, 0) is 16.0 Å². The molecule has 0 fully saturated rings. The van der Waals surface area contributed by atoms with Crippen LogP contribution in [0.3, 0.4) is 0 Å². The van der Waals surface area contributed by atoms with Gasteiger partial charge in [0.2, 0.25) is 0 Å². The van der Waals surface area contributed by atoms with Gasteiger partial charge in [0.15, 0.2) is 6.10 Å². The van der Waals surface area contributed by atoms with Crippen molar-refractivity contribution >= 4 is 16.7 Å². The van der Waals surface area contributed by atoms with E-state index in [1.807, 2.05) is 42.5 Å². The maximum Gasteiger partial charge on any atom is 0.333 e. The van der Waals surface area contributed by atoms with Crippen molar-refractivity contribution in [1.82, 2.24) is 0 Å². The zero-order valence-electron chi connectivity index (χ0n) is 9.59. The van der Waals surface area contributed by atoms with Gasteiger partial charge in [-0.05, 0) is 16.3 Å². The summed E-state index contributed by atoms with van der Waals surface area (Å²) in [6.07, 6.45) is -0.409. The quantitative estimate of drug-likeness (QED) is 0.877. The molecule has 88 valence electrons. The second-order valence-electron chi connectivity index (χ2n) is 3.90. The Balaban J connectivity index is 2.38. The third kappa shape index (κ3) is 2.45. The van der Waals surface area contributed by atoms with Gasteiger partial charge in [-0.2, -0.15) is 0 Å². The molecule has 0 heterocycles. The fourth-order valence-electron chi connectivity index (χ4n) is 1.94. The van der Waals surface area contributed by atoms with Crippen LogP contribution >= 0.6 is 0 Å². The van der Waals surface area contributed by atoms with Crippen LogP contribution in [0.5, 0.6) is 0 Å². The molecule has 1 atom stereocenters. The number of aliphatic carboxylic acids is 1. The molecule has 0 aliphatic heterocycles. The van der Waals surface area contributed by atoms with Crippen LogP contribution in [0.4, 0.5) is 0 Å². The van der Waals surface area contributed by atoms with Crippen molar-refractivity contribution in [3.63, 3.8) is 0 Å². The topological polar surface area (TPSA) is 46.5 Å². The highest BCUT2D eigenvalue weighted by Gasteiger charge is 2.17. The van der Waals surface area contributed by atoms with Crippen LogP contribution in [0, 0.1) is 0 Å². The smallest absolute Gasteiger partial charge is 0.333 e. The van der Waals surface area contributed by atoms with Gasteiger partial charge in [-0.15, -0.1) is 0 Å². The van der Waals surface area contributed by atoms with Gasteiger partial charge in [0.25, 0.3) is 0 Å². The fourth-order valence-corrected chi connectivity index (χ4v) is 1.94. The lowest BCUT2D eigenvalue weighted by Gasteiger charge is -2.12. The summed E-state index contributed by atoms with van der Waals surface area (Å²) in [6, 6.07) is 13.8. The van der Waals surface area contributed by atoms with Crippen LogP contribution in [0.1, 0.15) is 5.56 Å². The summed E-state index contributed by atoms with van der Waals surface area (Å²) in [5.41, 5.74) is 0.998. The molecule has 2 aromatic carbocycles. The summed E-state index contributed by atoms with van der Waals surface area (Å²) in [7, 11) is 1.42. The Labute approximate surface area is 99.6 Å². The van der Waals surface area contributed by atoms with Crippen molar-refractivity contribution in [3.8, 4) is 0 Å². The zero-order valence-corrected chi connectivity index (χ0v) is 9.59. The molecule has 0 saturated heterocycles. The standard InChI is InChI=1S/C14H14O3/c1-17-13(14(15)16)9-11-7-4-6-10-5-2-3-8-12(10)11/h2-8,13H,9H2,1H3,(H,15,16)/t13-/m1/s1. The molecule has 0 unspecified atom stereocenters. The van der Waals surface area contributed by atoms with E-state index in [-0.39, 0.29) is 0 Å². The largest absolute Gasteiger partial charge is 0.479 e. The summed E-state index contributed by atoms with van der Waals surface area (Å²) < 4.78 is 4.97. The molecule has 0 bridgehead atoms. The number of rotatable bonds is 4. The van der Waals surface area contributed by atoms with E-state index in [9.17, 15) is 4.79 Å². The van der Waals surface area contributed by atoms with Gasteiger partial charge >= 0.3 is 5.97 Å². The third-order valence-corrected chi connectivity index (χ3v) is 2.85. The Kier molecular flexibility index (Phi) is 3.40. The predicted octanol–water partition coefficient (Wildman–Crippen LogP) is 2.48. The molecular weight excluding hydrogens is 216 g/mol. The number of carbonyl (C=O) groups is 1. The highest BCUT2D eigenvalue weighted by molar-refractivity contribution is 5.86. The molecule has 17 heavy (non-hydrogen) atoms. The van der Waals surface area contributed by atoms with E-state index in [1.165, 1.54) is 7.11 Å². The summed E-state index contributed by atoms with van der Waals surface area (Å²) in [5.74, 6) is -0.930. The second kappa shape index (κ2) is 4.97. The van der Waals surface area contributed by atoms with E-state index in [2.05, 4.69) is 0 Å². The van der Waals surface area contributed by atoms with Crippen molar-refractivity contribution in [1.29, 1.82) is 0 Å². The minimum Gasteiger partial charge on any atom is -0.479 e. The predicted molar refractivity (Wildman–Crippen MR) is 66.1 cm³/mol. The molecular formula is C14H14O3. The molecule has 1 N–H and O–H groups in total. The average Bonchev–Trinajstić information content (AvgIpc) is 2.35. The number of hydrogen-bond donors (Lipinski definition) is 1. The minimum atomic E-state index is -0.930. The lowest BCUT2D eigenvalue weighted by molar-refractivity contribution is -0.148. The molecule has 2 aromatic rings. The van der Waals surface area contributed by atoms with E-state index in [0.717, 1.165) is 16.3 Å². The SMILES string of the molecule is CO[C@H](Cc1cccc2ccccc12)C(=O)O. The molecule has 0 aromatic heterocycles. The van der Waals surface area contributed by atoms with Crippen molar-refractivity contribution < 1.29 is 14.6 Å². The van der Waals surface area contributed by atoms with Crippen molar-refractivity contribution in [2.45, 2.75) is 12.5 Å². The maximum atomic E-state index is 10.9. The zero-order chi connectivity index (χ0) is 12.3. The highest BCUT2D eigenvalue weighted by Crippen LogP contribution is 2.20. The van der Waals surface area contributed by atoms with Gasteiger partial charge in [-0.25, -0.2) is 4.79 Å². The van der Waals surface area contributed by atoms with E-state index in [1.54, 1.807) is 0 Å². The Hall–Kier alpha value is -1.87. The van der Waals surface area contributed by atoms with Gasteiger partial charge in [-0.3, -0.25) is 0 Å². The number of fused-ring (bicyclic) bond motifs is 1. The minimum absolute atomic E-state index is 0.382. The van der Waals surface area contributed by atoms with Gasteiger partial charge in [-0.1, -0.05) is 42.5 Å². The van der Waals surface area contributed by atoms with Crippen molar-refractivity contribution in [2.75, 3.05) is 7.11 Å². The monoisotopic (exact) mass is 230 g/mol. The first-order valence-corrected chi connectivity index (χ1v) is 5.44. The Morgan fingerprint density at radius 3 is 2.65 bits per heavy atom. The third-order valence-electron chi connectivity index (χ3n) is 2.85. The molecule has 0 aliphatic carbocycles. The Bertz CT molecular complexity index is 528. The van der Waals surface area contributed by atoms with Crippen LogP contribution in [0.15, 0.2) is 42.5 Å². The number of methoxy groups -OCH3 is 1. The van der Waals surface area contributed by atoms with Crippen molar-refractivity contribution in [3.05, 3.63) is 48.0 Å². The number of hydrogen-bond acceptors (Lipinski definition) is 2. The summed E-state index contributed by atoms with van der Waals surface area (Å²) in [4.78, 5) is 10.9. The molecule has 0 amide bonds. The lowest BCUT2D eigenvalue weighted by atomic mass is 10.00. The molecule has 3 heteroatoms. The summed E-state index contributed by atoms with van der Waals surface area (Å²) in [6.45, 7) is 0. The van der Waals surface area contributed by atoms with Crippen molar-refractivity contribution in [2.24, 2.45) is 0 Å². The van der Waals surface area contributed by atoms with Crippen LogP contribution < -0.4 is 0 Å². The van der Waals surface area contributed by atoms with E-state index in [4.69, 9.17) is 9.84 Å². The van der Waals surface area contributed by atoms with E-state index >= 15 is 0 Å².